The molecule has 30 heavy (non-hydrogen) atoms. The lowest BCUT2D eigenvalue weighted by atomic mass is 10.1. The Kier molecular flexibility index (Phi) is 6.40. The number of nitrogens with one attached hydrogen (secondary N) is 1. The first-order valence-corrected chi connectivity index (χ1v) is 10.8. The standard InChI is InChI=1S/C25H23FN2OS/c26-15-1-2-16-27-21-11-7-19(8-12-21)4-3-18-5-9-20(10-6-18)25-28-23-14-13-22(29)17-24(23)30-25/h3-14,17,27,29H,1-2,15-16H2/b4-3+. The fourth-order valence-electron chi connectivity index (χ4n) is 3.13. The Morgan fingerprint density at radius 3 is 2.30 bits per heavy atom. The first-order chi connectivity index (χ1) is 14.7. The first kappa shape index (κ1) is 20.1. The predicted molar refractivity (Wildman–Crippen MR) is 126 cm³/mol. The molecule has 0 saturated carbocycles. The number of fused-ring (bicyclic) bond motifs is 1. The number of benzene rings is 3. The molecule has 0 unspecified atom stereocenters. The molecule has 0 fully saturated rings. The summed E-state index contributed by atoms with van der Waals surface area (Å²) in [5, 5.41) is 13.9. The van der Waals surface area contributed by atoms with Gasteiger partial charge in [0.05, 0.1) is 16.9 Å². The fraction of sp³-hybridized carbons (Fsp3) is 0.160. The van der Waals surface area contributed by atoms with E-state index in [0.717, 1.165) is 50.6 Å². The van der Waals surface area contributed by atoms with Crippen LogP contribution < -0.4 is 5.32 Å². The highest BCUT2D eigenvalue weighted by molar-refractivity contribution is 7.21. The number of alkyl halides is 1. The fourth-order valence-corrected chi connectivity index (χ4v) is 4.13. The number of thiazole rings is 1. The molecule has 0 radical (unpaired) electrons. The van der Waals surface area contributed by atoms with Crippen LogP contribution in [0.25, 0.3) is 32.9 Å². The van der Waals surface area contributed by atoms with Gasteiger partial charge in [0.1, 0.15) is 10.8 Å². The third-order valence-electron chi connectivity index (χ3n) is 4.80. The average Bonchev–Trinajstić information content (AvgIpc) is 3.20. The maximum absolute atomic E-state index is 12.1. The highest BCUT2D eigenvalue weighted by atomic mass is 32.1. The Morgan fingerprint density at radius 1 is 0.900 bits per heavy atom. The normalized spacial score (nSPS) is 11.4. The minimum Gasteiger partial charge on any atom is -0.508 e. The predicted octanol–water partition coefficient (Wildman–Crippen LogP) is 7.00. The van der Waals surface area contributed by atoms with Crippen LogP contribution in [0.2, 0.25) is 0 Å². The molecule has 0 atom stereocenters. The molecule has 0 saturated heterocycles. The molecule has 5 heteroatoms. The van der Waals surface area contributed by atoms with Gasteiger partial charge in [0.15, 0.2) is 0 Å². The van der Waals surface area contributed by atoms with Gasteiger partial charge in [0.25, 0.3) is 0 Å². The molecule has 4 aromatic rings. The van der Waals surface area contributed by atoms with E-state index in [4.69, 9.17) is 0 Å². The Labute approximate surface area is 179 Å². The summed E-state index contributed by atoms with van der Waals surface area (Å²) in [6.45, 7) is 0.540. The second-order valence-corrected chi connectivity index (χ2v) is 8.10. The van der Waals surface area contributed by atoms with Gasteiger partial charge in [0.2, 0.25) is 0 Å². The van der Waals surface area contributed by atoms with E-state index >= 15 is 0 Å². The molecule has 1 heterocycles. The number of hydrogen-bond donors (Lipinski definition) is 2. The second-order valence-electron chi connectivity index (χ2n) is 7.07. The summed E-state index contributed by atoms with van der Waals surface area (Å²) in [4.78, 5) is 4.65. The van der Waals surface area contributed by atoms with E-state index < -0.39 is 0 Å². The van der Waals surface area contributed by atoms with Gasteiger partial charge in [0, 0.05) is 17.8 Å². The summed E-state index contributed by atoms with van der Waals surface area (Å²) in [7, 11) is 0. The molecule has 1 aromatic heterocycles. The van der Waals surface area contributed by atoms with Crippen LogP contribution in [0.1, 0.15) is 24.0 Å². The smallest absolute Gasteiger partial charge is 0.124 e. The number of hydrogen-bond acceptors (Lipinski definition) is 4. The van der Waals surface area contributed by atoms with Gasteiger partial charge >= 0.3 is 0 Å². The molecule has 0 amide bonds. The van der Waals surface area contributed by atoms with Gasteiger partial charge in [-0.05, 0) is 54.3 Å². The summed E-state index contributed by atoms with van der Waals surface area (Å²) in [5.74, 6) is 0.263. The maximum atomic E-state index is 12.1. The molecule has 0 bridgehead atoms. The molecule has 4 rings (SSSR count). The number of aromatic hydroxyl groups is 1. The van der Waals surface area contributed by atoms with Gasteiger partial charge < -0.3 is 10.4 Å². The SMILES string of the molecule is Oc1ccc2nc(-c3ccc(/C=C/c4ccc(NCCCCF)cc4)cc3)sc2c1. The Morgan fingerprint density at radius 2 is 1.60 bits per heavy atom. The largest absolute Gasteiger partial charge is 0.508 e. The van der Waals surface area contributed by atoms with Crippen LogP contribution in [0, 0.1) is 0 Å². The molecule has 0 spiro atoms. The van der Waals surface area contributed by atoms with Crippen molar-refractivity contribution in [2.45, 2.75) is 12.8 Å². The topological polar surface area (TPSA) is 45.2 Å². The monoisotopic (exact) mass is 418 g/mol. The number of phenolic OH excluding ortho intramolecular Hbond substituents is 1. The highest BCUT2D eigenvalue weighted by Gasteiger charge is 2.06. The molecule has 152 valence electrons. The van der Waals surface area contributed by atoms with Crippen LogP contribution in [-0.2, 0) is 0 Å². The average molecular weight is 419 g/mol. The van der Waals surface area contributed by atoms with Crippen LogP contribution in [0.4, 0.5) is 10.1 Å². The van der Waals surface area contributed by atoms with Crippen molar-refractivity contribution in [2.75, 3.05) is 18.5 Å². The van der Waals surface area contributed by atoms with Crippen LogP contribution in [0.5, 0.6) is 5.75 Å². The second kappa shape index (κ2) is 9.55. The molecule has 3 aromatic carbocycles. The van der Waals surface area contributed by atoms with Gasteiger partial charge in [-0.3, -0.25) is 4.39 Å². The number of anilines is 1. The van der Waals surface area contributed by atoms with Crippen LogP contribution in [-0.4, -0.2) is 23.3 Å². The van der Waals surface area contributed by atoms with Crippen LogP contribution in [0.3, 0.4) is 0 Å². The minimum absolute atomic E-state index is 0.252. The molecule has 3 nitrogen and oxygen atoms in total. The lowest BCUT2D eigenvalue weighted by Gasteiger charge is -2.05. The van der Waals surface area contributed by atoms with Crippen molar-refractivity contribution in [3.8, 4) is 16.3 Å². The van der Waals surface area contributed by atoms with Crippen molar-refractivity contribution in [3.05, 3.63) is 77.9 Å². The van der Waals surface area contributed by atoms with Crippen LogP contribution >= 0.6 is 11.3 Å². The maximum Gasteiger partial charge on any atom is 0.124 e. The summed E-state index contributed by atoms with van der Waals surface area (Å²) < 4.78 is 13.1. The van der Waals surface area contributed by atoms with Crippen molar-refractivity contribution < 1.29 is 9.50 Å². The number of unbranched alkanes of at least 4 members (excludes halogenated alkanes) is 1. The van der Waals surface area contributed by atoms with Gasteiger partial charge in [-0.2, -0.15) is 0 Å². The molecular formula is C25H23FN2OS. The number of rotatable bonds is 8. The van der Waals surface area contributed by atoms with E-state index in [0.29, 0.717) is 6.42 Å². The number of phenols is 1. The van der Waals surface area contributed by atoms with E-state index in [2.05, 4.69) is 58.9 Å². The van der Waals surface area contributed by atoms with Crippen molar-refractivity contribution in [3.63, 3.8) is 0 Å². The van der Waals surface area contributed by atoms with Gasteiger partial charge in [-0.1, -0.05) is 48.6 Å². The van der Waals surface area contributed by atoms with E-state index in [1.54, 1.807) is 23.5 Å². The molecular weight excluding hydrogens is 395 g/mol. The van der Waals surface area contributed by atoms with Crippen molar-refractivity contribution in [2.24, 2.45) is 0 Å². The summed E-state index contributed by atoms with van der Waals surface area (Å²) >= 11 is 1.58. The Balaban J connectivity index is 1.39. The number of halogens is 1. The number of aromatic nitrogens is 1. The summed E-state index contributed by atoms with van der Waals surface area (Å²) in [5.41, 5.74) is 5.26. The third-order valence-corrected chi connectivity index (χ3v) is 5.87. The van der Waals surface area contributed by atoms with E-state index in [-0.39, 0.29) is 12.4 Å². The van der Waals surface area contributed by atoms with Crippen molar-refractivity contribution >= 4 is 39.4 Å². The van der Waals surface area contributed by atoms with Gasteiger partial charge in [-0.15, -0.1) is 11.3 Å². The van der Waals surface area contributed by atoms with E-state index in [1.807, 2.05) is 18.2 Å². The van der Waals surface area contributed by atoms with Crippen molar-refractivity contribution in [1.29, 1.82) is 0 Å². The minimum atomic E-state index is -0.252. The lowest BCUT2D eigenvalue weighted by Crippen LogP contribution is -2.01. The van der Waals surface area contributed by atoms with Crippen LogP contribution in [0.15, 0.2) is 66.7 Å². The Hall–Kier alpha value is -3.18. The van der Waals surface area contributed by atoms with E-state index in [9.17, 15) is 9.50 Å². The van der Waals surface area contributed by atoms with Crippen molar-refractivity contribution in [1.82, 2.24) is 4.98 Å². The lowest BCUT2D eigenvalue weighted by molar-refractivity contribution is 0.466. The first-order valence-electron chi connectivity index (χ1n) is 9.99. The molecule has 0 aliphatic carbocycles. The zero-order valence-corrected chi connectivity index (χ0v) is 17.3. The summed E-state index contributed by atoms with van der Waals surface area (Å²) in [6.07, 6.45) is 5.62. The Bertz CT molecular complexity index is 1130. The third kappa shape index (κ3) is 5.05. The van der Waals surface area contributed by atoms with Gasteiger partial charge in [-0.25, -0.2) is 4.98 Å². The highest BCUT2D eigenvalue weighted by Crippen LogP contribution is 2.32. The summed E-state index contributed by atoms with van der Waals surface area (Å²) in [6, 6.07) is 21.8. The van der Waals surface area contributed by atoms with E-state index in [1.165, 1.54) is 0 Å². The molecule has 0 aliphatic rings. The zero-order chi connectivity index (χ0) is 20.8. The molecule has 2 N–H and O–H groups in total. The molecule has 0 aliphatic heterocycles. The number of nitrogens with zero attached hydrogens (tertiary/aromatic N) is 1. The zero-order valence-electron chi connectivity index (χ0n) is 16.5. The quantitative estimate of drug-likeness (QED) is 0.239.